The average molecular weight is 681 g/mol. The van der Waals surface area contributed by atoms with Gasteiger partial charge in [-0.25, -0.2) is 19.2 Å². The molecule has 2 aliphatic heterocycles. The number of likely N-dealkylation sites (tertiary alicyclic amines) is 1. The molecule has 5 rings (SSSR count). The Morgan fingerprint density at radius 1 is 1.00 bits per heavy atom. The summed E-state index contributed by atoms with van der Waals surface area (Å²) in [6.07, 6.45) is 2.71. The number of urea groups is 1. The number of carboxylic acid groups (broad SMARTS) is 1. The summed E-state index contributed by atoms with van der Waals surface area (Å²) in [6, 6.07) is 9.18. The zero-order chi connectivity index (χ0) is 35.7. The van der Waals surface area contributed by atoms with Crippen LogP contribution in [0.5, 0.6) is 0 Å². The van der Waals surface area contributed by atoms with Crippen LogP contribution in [-0.4, -0.2) is 116 Å². The number of amides is 5. The molecule has 49 heavy (non-hydrogen) atoms. The van der Waals surface area contributed by atoms with E-state index >= 15 is 0 Å². The Labute approximate surface area is 286 Å². The van der Waals surface area contributed by atoms with E-state index in [1.165, 1.54) is 4.57 Å². The first kappa shape index (κ1) is 35.6. The number of piperazine rings is 1. The second-order valence-electron chi connectivity index (χ2n) is 15.0. The number of aromatic nitrogens is 2. The molecule has 1 aromatic carbocycles. The number of alkyl carbamates (subject to hydrolysis) is 1. The number of ether oxygens (including phenoxy) is 1. The number of hydrogen-bond acceptors (Lipinski definition) is 8. The summed E-state index contributed by atoms with van der Waals surface area (Å²) in [5, 5.41) is 17.0. The van der Waals surface area contributed by atoms with Gasteiger partial charge < -0.3 is 30.3 Å². The summed E-state index contributed by atoms with van der Waals surface area (Å²) < 4.78 is 6.69. The Balaban J connectivity index is 1.09. The van der Waals surface area contributed by atoms with Crippen molar-refractivity contribution in [1.82, 2.24) is 34.9 Å². The Morgan fingerprint density at radius 2 is 1.63 bits per heavy atom. The zero-order valence-corrected chi connectivity index (χ0v) is 29.1. The van der Waals surface area contributed by atoms with Gasteiger partial charge in [0.05, 0.1) is 5.69 Å². The van der Waals surface area contributed by atoms with Crippen LogP contribution in [0.4, 0.5) is 20.2 Å². The molecule has 266 valence electrons. The molecule has 2 unspecified atom stereocenters. The van der Waals surface area contributed by atoms with Crippen molar-refractivity contribution in [2.24, 2.45) is 5.41 Å². The van der Waals surface area contributed by atoms with E-state index in [2.05, 4.69) is 32.8 Å². The highest BCUT2D eigenvalue weighted by Gasteiger charge is 2.55. The first-order valence-corrected chi connectivity index (χ1v) is 16.7. The molecule has 0 radical (unpaired) electrons. The molecule has 2 atom stereocenters. The Morgan fingerprint density at radius 3 is 2.18 bits per heavy atom. The molecular formula is C34H48N8O7. The van der Waals surface area contributed by atoms with Gasteiger partial charge in [0.1, 0.15) is 17.0 Å². The molecule has 2 aromatic rings. The maximum Gasteiger partial charge on any atom is 0.408 e. The fourth-order valence-corrected chi connectivity index (χ4v) is 6.76. The molecule has 2 saturated heterocycles. The molecule has 3 heterocycles. The summed E-state index contributed by atoms with van der Waals surface area (Å²) in [4.78, 5) is 71.9. The van der Waals surface area contributed by atoms with Gasteiger partial charge in [-0.3, -0.25) is 19.6 Å². The number of nitrogens with one attached hydrogen (secondary N) is 3. The summed E-state index contributed by atoms with van der Waals surface area (Å²) >= 11 is 0. The summed E-state index contributed by atoms with van der Waals surface area (Å²) in [5.41, 5.74) is -0.575. The van der Waals surface area contributed by atoms with Gasteiger partial charge in [0.2, 0.25) is 5.91 Å². The molecule has 1 aromatic heterocycles. The standard InChI is InChI=1S/C34H48N8O7/c1-22(41-20-34(21-41)13-11-25(34)35-30(46)47)19-23-7-9-24(10-8-23)42-14-12-26(37-29(42)45)36-28(44)40-17-15-39(16-18-40)27(43)33(5,6)38-31(48)49-32(2,3)4/h7-10,12,14,22,25,35H,11,13,15-21H2,1-6H3,(H,38,48)(H,46,47)(H,36,37,44,45). The van der Waals surface area contributed by atoms with Crippen LogP contribution in [0, 0.1) is 5.41 Å². The van der Waals surface area contributed by atoms with Crippen molar-refractivity contribution >= 4 is 29.9 Å². The monoisotopic (exact) mass is 680 g/mol. The van der Waals surface area contributed by atoms with E-state index in [0.29, 0.717) is 11.7 Å². The van der Waals surface area contributed by atoms with E-state index in [1.54, 1.807) is 56.7 Å². The number of carbonyl (C=O) groups excluding carboxylic acids is 3. The summed E-state index contributed by atoms with van der Waals surface area (Å²) in [6.45, 7) is 13.5. The zero-order valence-electron chi connectivity index (χ0n) is 29.1. The highest BCUT2D eigenvalue weighted by atomic mass is 16.6. The van der Waals surface area contributed by atoms with Crippen LogP contribution in [0.1, 0.15) is 59.9 Å². The summed E-state index contributed by atoms with van der Waals surface area (Å²) in [7, 11) is 0. The van der Waals surface area contributed by atoms with Gasteiger partial charge in [0.25, 0.3) is 0 Å². The van der Waals surface area contributed by atoms with Crippen molar-refractivity contribution in [1.29, 1.82) is 0 Å². The van der Waals surface area contributed by atoms with Crippen LogP contribution in [-0.2, 0) is 16.0 Å². The van der Waals surface area contributed by atoms with Crippen LogP contribution >= 0.6 is 0 Å². The Kier molecular flexibility index (Phi) is 9.96. The maximum atomic E-state index is 13.1. The first-order chi connectivity index (χ1) is 22.9. The number of anilines is 1. The lowest BCUT2D eigenvalue weighted by molar-refractivity contribution is -0.138. The molecule has 4 N–H and O–H groups in total. The lowest BCUT2D eigenvalue weighted by atomic mass is 9.59. The third kappa shape index (κ3) is 8.32. The number of rotatable bonds is 8. The van der Waals surface area contributed by atoms with Gasteiger partial charge in [-0.05, 0) is 84.6 Å². The minimum Gasteiger partial charge on any atom is -0.465 e. The van der Waals surface area contributed by atoms with E-state index in [4.69, 9.17) is 9.84 Å². The smallest absolute Gasteiger partial charge is 0.408 e. The number of benzene rings is 1. The van der Waals surface area contributed by atoms with E-state index in [-0.39, 0.29) is 49.4 Å². The van der Waals surface area contributed by atoms with E-state index in [9.17, 15) is 24.0 Å². The van der Waals surface area contributed by atoms with Gasteiger partial charge in [-0.2, -0.15) is 4.98 Å². The Hall–Kier alpha value is -4.66. The fraction of sp³-hybridized carbons (Fsp3) is 0.588. The van der Waals surface area contributed by atoms with Crippen molar-refractivity contribution in [2.45, 2.75) is 84.0 Å². The second kappa shape index (κ2) is 13.7. The summed E-state index contributed by atoms with van der Waals surface area (Å²) in [5.74, 6) is -0.160. The van der Waals surface area contributed by atoms with Gasteiger partial charge in [0.15, 0.2) is 0 Å². The molecule has 1 saturated carbocycles. The topological polar surface area (TPSA) is 178 Å². The molecule has 0 bridgehead atoms. The van der Waals surface area contributed by atoms with Crippen molar-refractivity contribution in [3.63, 3.8) is 0 Å². The predicted octanol–water partition coefficient (Wildman–Crippen LogP) is 2.87. The molecule has 15 heteroatoms. The third-order valence-corrected chi connectivity index (χ3v) is 9.61. The van der Waals surface area contributed by atoms with E-state index < -0.39 is 35.0 Å². The second-order valence-corrected chi connectivity index (χ2v) is 15.0. The quantitative estimate of drug-likeness (QED) is 0.326. The number of nitrogens with zero attached hydrogens (tertiary/aromatic N) is 5. The number of hydrogen-bond donors (Lipinski definition) is 4. The molecule has 3 fully saturated rings. The van der Waals surface area contributed by atoms with E-state index in [1.807, 2.05) is 24.3 Å². The highest BCUT2D eigenvalue weighted by Crippen LogP contribution is 2.49. The maximum absolute atomic E-state index is 13.1. The van der Waals surface area contributed by atoms with Gasteiger partial charge in [0, 0.05) is 63.0 Å². The fourth-order valence-electron chi connectivity index (χ4n) is 6.76. The molecule has 1 aliphatic carbocycles. The van der Waals surface area contributed by atoms with Crippen LogP contribution in [0.15, 0.2) is 41.3 Å². The normalized spacial score (nSPS) is 19.7. The van der Waals surface area contributed by atoms with Crippen molar-refractivity contribution in [2.75, 3.05) is 44.6 Å². The number of carbonyl (C=O) groups is 4. The largest absolute Gasteiger partial charge is 0.465 e. The van der Waals surface area contributed by atoms with Crippen LogP contribution in [0.25, 0.3) is 5.69 Å². The Bertz CT molecular complexity index is 1620. The van der Waals surface area contributed by atoms with Crippen LogP contribution < -0.4 is 21.6 Å². The minimum absolute atomic E-state index is 0.0439. The van der Waals surface area contributed by atoms with Crippen molar-refractivity contribution in [3.8, 4) is 5.69 Å². The molecule has 5 amide bonds. The van der Waals surface area contributed by atoms with E-state index in [0.717, 1.165) is 37.9 Å². The molecular weight excluding hydrogens is 632 g/mol. The van der Waals surface area contributed by atoms with Gasteiger partial charge >= 0.3 is 23.9 Å². The molecule has 15 nitrogen and oxygen atoms in total. The van der Waals surface area contributed by atoms with Crippen molar-refractivity contribution in [3.05, 3.63) is 52.6 Å². The van der Waals surface area contributed by atoms with Crippen molar-refractivity contribution < 1.29 is 29.0 Å². The predicted molar refractivity (Wildman–Crippen MR) is 182 cm³/mol. The molecule has 1 spiro atoms. The SMILES string of the molecule is CC(Cc1ccc(-n2ccc(NC(=O)N3CCN(C(=O)C(C)(C)NC(=O)OC(C)(C)C)CC3)nc2=O)cc1)N1CC2(CCC2NC(=O)O)C1. The average Bonchev–Trinajstić information content (AvgIpc) is 2.97. The van der Waals surface area contributed by atoms with Crippen LogP contribution in [0.3, 0.4) is 0 Å². The highest BCUT2D eigenvalue weighted by molar-refractivity contribution is 5.90. The van der Waals surface area contributed by atoms with Gasteiger partial charge in [-0.1, -0.05) is 12.1 Å². The lowest BCUT2D eigenvalue weighted by Gasteiger charge is -2.62. The minimum atomic E-state index is -1.19. The third-order valence-electron chi connectivity index (χ3n) is 9.61. The first-order valence-electron chi connectivity index (χ1n) is 16.7. The van der Waals surface area contributed by atoms with Crippen LogP contribution in [0.2, 0.25) is 0 Å². The molecule has 3 aliphatic rings. The van der Waals surface area contributed by atoms with Gasteiger partial charge in [-0.15, -0.1) is 0 Å². The lowest BCUT2D eigenvalue weighted by Crippen LogP contribution is -2.72.